The summed E-state index contributed by atoms with van der Waals surface area (Å²) in [5, 5.41) is 13.7. The number of alkyl carbamates (subject to hydrolysis) is 1. The molecule has 190 valence electrons. The molecule has 2 N–H and O–H groups in total. The molecule has 0 heterocycles. The van der Waals surface area contributed by atoms with Gasteiger partial charge >= 0.3 is 6.09 Å². The molecule has 0 fully saturated rings. The molecule has 0 unspecified atom stereocenters. The van der Waals surface area contributed by atoms with E-state index in [1.807, 2.05) is 20.8 Å². The van der Waals surface area contributed by atoms with E-state index in [2.05, 4.69) is 67.3 Å². The maximum atomic E-state index is 12.4. The van der Waals surface area contributed by atoms with Gasteiger partial charge in [-0.2, -0.15) is 0 Å². The minimum atomic E-state index is -1.91. The van der Waals surface area contributed by atoms with E-state index < -0.39 is 26.1 Å². The Kier molecular flexibility index (Phi) is 12.8. The molecule has 0 aliphatic carbocycles. The van der Waals surface area contributed by atoms with Crippen molar-refractivity contribution in [3.05, 3.63) is 12.7 Å². The third-order valence-electron chi connectivity index (χ3n) is 6.44. The van der Waals surface area contributed by atoms with Crippen molar-refractivity contribution in [2.45, 2.75) is 136 Å². The summed E-state index contributed by atoms with van der Waals surface area (Å²) in [5.41, 5.74) is 0.955. The van der Waals surface area contributed by atoms with Crippen LogP contribution in [-0.4, -0.2) is 43.9 Å². The number of carbonyl (C=O) groups is 1. The lowest BCUT2D eigenvalue weighted by molar-refractivity contribution is 0.0352. The van der Waals surface area contributed by atoms with Crippen molar-refractivity contribution in [3.8, 4) is 0 Å². The maximum Gasteiger partial charge on any atom is 0.407 e. The molecule has 0 bridgehead atoms. The molecule has 32 heavy (non-hydrogen) atoms. The number of hydrogen-bond acceptors (Lipinski definition) is 4. The largest absolute Gasteiger partial charge is 0.444 e. The average molecular weight is 472 g/mol. The molecular formula is C26H53NO4Si. The van der Waals surface area contributed by atoms with Crippen LogP contribution in [0.25, 0.3) is 0 Å². The molecule has 0 rings (SSSR count). The number of amides is 1. The Hall–Kier alpha value is -0.853. The molecule has 0 spiro atoms. The third kappa shape index (κ3) is 10.4. The van der Waals surface area contributed by atoms with Crippen molar-refractivity contribution in [3.63, 3.8) is 0 Å². The van der Waals surface area contributed by atoms with E-state index >= 15 is 0 Å². The first kappa shape index (κ1) is 31.1. The lowest BCUT2D eigenvalue weighted by atomic mass is 9.81. The Labute approximate surface area is 199 Å². The summed E-state index contributed by atoms with van der Waals surface area (Å²) >= 11 is 0. The number of aliphatic hydroxyl groups excluding tert-OH is 1. The third-order valence-corrected chi connectivity index (χ3v) is 12.6. The number of allylic oxidation sites excluding steroid dienone is 1. The lowest BCUT2D eigenvalue weighted by Crippen LogP contribution is -2.49. The minimum Gasteiger partial charge on any atom is -0.444 e. The number of carbonyl (C=O) groups excluding carboxylic acids is 1. The molecule has 0 radical (unpaired) electrons. The average Bonchev–Trinajstić information content (AvgIpc) is 2.59. The SMILES string of the molecule is C=CCC[C@H](O)[C@H](CC(C)(C)CCO[Si](C(C)C)(C(C)C)C(C)C)NC(=O)OC(C)(C)C. The number of rotatable bonds is 14. The molecule has 1 amide bonds. The monoisotopic (exact) mass is 471 g/mol. The van der Waals surface area contributed by atoms with Gasteiger partial charge in [-0.05, 0) is 68.5 Å². The van der Waals surface area contributed by atoms with Crippen LogP contribution in [0.4, 0.5) is 4.79 Å². The van der Waals surface area contributed by atoms with Gasteiger partial charge in [0.25, 0.3) is 0 Å². The predicted molar refractivity (Wildman–Crippen MR) is 139 cm³/mol. The quantitative estimate of drug-likeness (QED) is 0.207. The zero-order chi connectivity index (χ0) is 25.3. The van der Waals surface area contributed by atoms with Gasteiger partial charge in [0.1, 0.15) is 5.60 Å². The minimum absolute atomic E-state index is 0.111. The Balaban J connectivity index is 5.30. The first-order chi connectivity index (χ1) is 14.5. The molecule has 5 nitrogen and oxygen atoms in total. The maximum absolute atomic E-state index is 12.4. The Morgan fingerprint density at radius 1 is 1.03 bits per heavy atom. The van der Waals surface area contributed by atoms with Gasteiger partial charge in [-0.25, -0.2) is 4.79 Å². The molecule has 0 saturated heterocycles. The topological polar surface area (TPSA) is 67.8 Å². The zero-order valence-electron chi connectivity index (χ0n) is 22.9. The van der Waals surface area contributed by atoms with Crippen molar-refractivity contribution in [2.75, 3.05) is 6.61 Å². The van der Waals surface area contributed by atoms with Crippen LogP contribution >= 0.6 is 0 Å². The standard InChI is InChI=1S/C26H53NO4Si/c1-13-14-15-23(28)22(27-24(29)31-25(8,9)10)18-26(11,12)16-17-30-32(19(2)3,20(4)5)21(6)7/h13,19-23,28H,1,14-18H2,2-12H3,(H,27,29)/t22-,23-/m0/s1. The lowest BCUT2D eigenvalue weighted by Gasteiger charge is -2.43. The van der Waals surface area contributed by atoms with Crippen LogP contribution in [0.5, 0.6) is 0 Å². The molecule has 0 aliphatic heterocycles. The van der Waals surface area contributed by atoms with Crippen LogP contribution in [0.3, 0.4) is 0 Å². The first-order valence-corrected chi connectivity index (χ1v) is 14.5. The summed E-state index contributed by atoms with van der Waals surface area (Å²) in [6.07, 6.45) is 3.42. The van der Waals surface area contributed by atoms with E-state index in [0.29, 0.717) is 42.5 Å². The second-order valence-corrected chi connectivity index (χ2v) is 17.4. The highest BCUT2D eigenvalue weighted by Crippen LogP contribution is 2.43. The van der Waals surface area contributed by atoms with E-state index in [-0.39, 0.29) is 11.5 Å². The van der Waals surface area contributed by atoms with E-state index in [4.69, 9.17) is 9.16 Å². The zero-order valence-corrected chi connectivity index (χ0v) is 23.9. The van der Waals surface area contributed by atoms with Gasteiger partial charge in [0.05, 0.1) is 12.1 Å². The molecule has 0 aliphatic rings. The highest BCUT2D eigenvalue weighted by molar-refractivity contribution is 6.77. The summed E-state index contributed by atoms with van der Waals surface area (Å²) in [5.74, 6) is 0. The fourth-order valence-electron chi connectivity index (χ4n) is 4.93. The van der Waals surface area contributed by atoms with Gasteiger partial charge in [0, 0.05) is 6.61 Å². The Morgan fingerprint density at radius 2 is 1.53 bits per heavy atom. The van der Waals surface area contributed by atoms with Gasteiger partial charge < -0.3 is 19.6 Å². The van der Waals surface area contributed by atoms with Crippen LogP contribution in [0, 0.1) is 5.41 Å². The summed E-state index contributed by atoms with van der Waals surface area (Å²) in [6.45, 7) is 28.1. The van der Waals surface area contributed by atoms with Gasteiger partial charge in [-0.1, -0.05) is 61.5 Å². The fraction of sp³-hybridized carbons (Fsp3) is 0.885. The number of ether oxygens (including phenoxy) is 1. The smallest absolute Gasteiger partial charge is 0.407 e. The molecule has 0 saturated carbocycles. The van der Waals surface area contributed by atoms with E-state index in [9.17, 15) is 9.90 Å². The summed E-state index contributed by atoms with van der Waals surface area (Å²) in [7, 11) is -1.91. The van der Waals surface area contributed by atoms with Gasteiger partial charge in [-0.15, -0.1) is 6.58 Å². The van der Waals surface area contributed by atoms with Crippen LogP contribution in [0.15, 0.2) is 12.7 Å². The summed E-state index contributed by atoms with van der Waals surface area (Å²) in [6, 6.07) is -0.387. The summed E-state index contributed by atoms with van der Waals surface area (Å²) in [4.78, 5) is 12.4. The van der Waals surface area contributed by atoms with Crippen molar-refractivity contribution >= 4 is 14.4 Å². The number of hydrogen-bond donors (Lipinski definition) is 2. The molecule has 0 aromatic heterocycles. The molecule has 0 aromatic rings. The van der Waals surface area contributed by atoms with Gasteiger partial charge in [-0.3, -0.25) is 0 Å². The summed E-state index contributed by atoms with van der Waals surface area (Å²) < 4.78 is 12.2. The Morgan fingerprint density at radius 3 is 1.94 bits per heavy atom. The van der Waals surface area contributed by atoms with Gasteiger partial charge in [0.2, 0.25) is 0 Å². The molecule has 0 aromatic carbocycles. The van der Waals surface area contributed by atoms with Crippen molar-refractivity contribution in [1.82, 2.24) is 5.32 Å². The van der Waals surface area contributed by atoms with Crippen molar-refractivity contribution in [2.24, 2.45) is 5.41 Å². The highest BCUT2D eigenvalue weighted by atomic mass is 28.4. The van der Waals surface area contributed by atoms with Crippen LogP contribution in [0.1, 0.15) is 102 Å². The second kappa shape index (κ2) is 13.1. The second-order valence-electron chi connectivity index (χ2n) is 12.0. The van der Waals surface area contributed by atoms with E-state index in [0.717, 1.165) is 6.42 Å². The molecule has 2 atom stereocenters. The number of aliphatic hydroxyl groups is 1. The highest BCUT2D eigenvalue weighted by Gasteiger charge is 2.45. The normalized spacial score (nSPS) is 15.2. The van der Waals surface area contributed by atoms with Crippen LogP contribution in [0.2, 0.25) is 16.6 Å². The fourth-order valence-corrected chi connectivity index (χ4v) is 10.4. The van der Waals surface area contributed by atoms with Gasteiger partial charge in [0.15, 0.2) is 8.32 Å². The first-order valence-electron chi connectivity index (χ1n) is 12.4. The van der Waals surface area contributed by atoms with Crippen molar-refractivity contribution in [1.29, 1.82) is 0 Å². The van der Waals surface area contributed by atoms with Crippen LogP contribution < -0.4 is 5.32 Å². The predicted octanol–water partition coefficient (Wildman–Crippen LogP) is 7.21. The molecular weight excluding hydrogens is 418 g/mol. The Bertz CT molecular complexity index is 545. The van der Waals surface area contributed by atoms with Crippen molar-refractivity contribution < 1.29 is 19.1 Å². The van der Waals surface area contributed by atoms with E-state index in [1.165, 1.54) is 0 Å². The molecule has 6 heteroatoms. The number of nitrogens with one attached hydrogen (secondary N) is 1. The van der Waals surface area contributed by atoms with E-state index in [1.54, 1.807) is 6.08 Å². The van der Waals surface area contributed by atoms with Crippen LogP contribution in [-0.2, 0) is 9.16 Å².